The lowest BCUT2D eigenvalue weighted by molar-refractivity contribution is -0.154. The van der Waals surface area contributed by atoms with E-state index in [2.05, 4.69) is 16.4 Å². The first-order valence-corrected chi connectivity index (χ1v) is 6.88. The van der Waals surface area contributed by atoms with Gasteiger partial charge in [-0.15, -0.1) is 0 Å². The van der Waals surface area contributed by atoms with Gasteiger partial charge in [0.2, 0.25) is 0 Å². The Bertz CT molecular complexity index is 420. The number of hydrogen-bond donors (Lipinski definition) is 0. The summed E-state index contributed by atoms with van der Waals surface area (Å²) in [6, 6.07) is 7.48. The van der Waals surface area contributed by atoms with Crippen LogP contribution < -0.4 is 0 Å². The van der Waals surface area contributed by atoms with Crippen molar-refractivity contribution >= 4 is 11.9 Å². The molecule has 0 aliphatic carbocycles. The van der Waals surface area contributed by atoms with Gasteiger partial charge in [-0.2, -0.15) is 0 Å². The molecule has 110 valence electrons. The maximum Gasteiger partial charge on any atom is 0.324 e. The molecule has 1 rings (SSSR count). The zero-order valence-electron chi connectivity index (χ0n) is 12.3. The van der Waals surface area contributed by atoms with Gasteiger partial charge in [0.05, 0.1) is 14.2 Å². The zero-order chi connectivity index (χ0) is 15.0. The quantitative estimate of drug-likeness (QED) is 0.437. The van der Waals surface area contributed by atoms with E-state index in [1.54, 1.807) is 12.1 Å². The van der Waals surface area contributed by atoms with Crippen molar-refractivity contribution < 1.29 is 19.1 Å². The summed E-state index contributed by atoms with van der Waals surface area (Å²) in [5, 5.41) is 0. The molecule has 0 radical (unpaired) electrons. The Kier molecular flexibility index (Phi) is 6.77. The van der Waals surface area contributed by atoms with Crippen LogP contribution in [0.25, 0.3) is 0 Å². The zero-order valence-corrected chi connectivity index (χ0v) is 12.3. The Morgan fingerprint density at radius 1 is 1.00 bits per heavy atom. The molecule has 0 saturated heterocycles. The van der Waals surface area contributed by atoms with E-state index >= 15 is 0 Å². The van der Waals surface area contributed by atoms with E-state index in [0.29, 0.717) is 5.56 Å². The molecule has 0 unspecified atom stereocenters. The largest absolute Gasteiger partial charge is 0.468 e. The van der Waals surface area contributed by atoms with Crippen molar-refractivity contribution in [2.75, 3.05) is 14.2 Å². The standard InChI is InChI=1S/C16H22O4/c1-4-5-6-7-12-8-10-13(11-9-12)14(15(17)19-2)16(18)20-3/h8-11,14H,4-7H2,1-3H3. The van der Waals surface area contributed by atoms with E-state index in [4.69, 9.17) is 0 Å². The number of benzene rings is 1. The van der Waals surface area contributed by atoms with Gasteiger partial charge < -0.3 is 9.47 Å². The van der Waals surface area contributed by atoms with Gasteiger partial charge in [-0.3, -0.25) is 9.59 Å². The fourth-order valence-electron chi connectivity index (χ4n) is 2.06. The van der Waals surface area contributed by atoms with Crippen LogP contribution in [-0.2, 0) is 25.5 Å². The molecule has 0 amide bonds. The van der Waals surface area contributed by atoms with Crippen molar-refractivity contribution in [3.63, 3.8) is 0 Å². The van der Waals surface area contributed by atoms with Crippen LogP contribution in [-0.4, -0.2) is 26.2 Å². The highest BCUT2D eigenvalue weighted by atomic mass is 16.5. The topological polar surface area (TPSA) is 52.6 Å². The smallest absolute Gasteiger partial charge is 0.324 e. The molecule has 4 nitrogen and oxygen atoms in total. The number of carbonyl (C=O) groups is 2. The second-order valence-electron chi connectivity index (χ2n) is 4.68. The van der Waals surface area contributed by atoms with Gasteiger partial charge in [-0.05, 0) is 24.0 Å². The molecule has 0 aliphatic heterocycles. The van der Waals surface area contributed by atoms with E-state index in [1.165, 1.54) is 32.6 Å². The van der Waals surface area contributed by atoms with Crippen molar-refractivity contribution in [1.82, 2.24) is 0 Å². The second kappa shape index (κ2) is 8.35. The highest BCUT2D eigenvalue weighted by molar-refractivity contribution is 6.00. The number of methoxy groups -OCH3 is 2. The van der Waals surface area contributed by atoms with Gasteiger partial charge in [-0.25, -0.2) is 0 Å². The fraction of sp³-hybridized carbons (Fsp3) is 0.500. The molecule has 0 N–H and O–H groups in total. The maximum atomic E-state index is 11.7. The first kappa shape index (κ1) is 16.2. The van der Waals surface area contributed by atoms with E-state index in [9.17, 15) is 9.59 Å². The average Bonchev–Trinajstić information content (AvgIpc) is 2.48. The predicted molar refractivity (Wildman–Crippen MR) is 76.4 cm³/mol. The molecule has 1 aromatic rings. The molecule has 0 atom stereocenters. The molecule has 0 saturated carbocycles. The first-order valence-electron chi connectivity index (χ1n) is 6.88. The summed E-state index contributed by atoms with van der Waals surface area (Å²) in [5.74, 6) is -2.21. The van der Waals surface area contributed by atoms with Crippen molar-refractivity contribution in [2.24, 2.45) is 0 Å². The third kappa shape index (κ3) is 4.37. The Hall–Kier alpha value is -1.84. The summed E-state index contributed by atoms with van der Waals surface area (Å²) in [6.07, 6.45) is 4.54. The number of hydrogen-bond acceptors (Lipinski definition) is 4. The van der Waals surface area contributed by atoms with E-state index in [-0.39, 0.29) is 0 Å². The Morgan fingerprint density at radius 3 is 2.00 bits per heavy atom. The van der Waals surface area contributed by atoms with Gasteiger partial charge in [0.1, 0.15) is 0 Å². The molecule has 20 heavy (non-hydrogen) atoms. The summed E-state index contributed by atoms with van der Waals surface area (Å²) in [4.78, 5) is 23.4. The van der Waals surface area contributed by atoms with Gasteiger partial charge in [-0.1, -0.05) is 44.0 Å². The second-order valence-corrected chi connectivity index (χ2v) is 4.68. The van der Waals surface area contributed by atoms with Crippen molar-refractivity contribution in [3.05, 3.63) is 35.4 Å². The Morgan fingerprint density at radius 2 is 1.55 bits per heavy atom. The van der Waals surface area contributed by atoms with Crippen LogP contribution in [0.15, 0.2) is 24.3 Å². The number of carbonyl (C=O) groups excluding carboxylic acids is 2. The van der Waals surface area contributed by atoms with Gasteiger partial charge in [0.15, 0.2) is 5.92 Å². The monoisotopic (exact) mass is 278 g/mol. The normalized spacial score (nSPS) is 10.4. The number of ether oxygens (including phenoxy) is 2. The first-order chi connectivity index (χ1) is 9.63. The van der Waals surface area contributed by atoms with Gasteiger partial charge >= 0.3 is 11.9 Å². The third-order valence-electron chi connectivity index (χ3n) is 3.26. The molecule has 0 spiro atoms. The van der Waals surface area contributed by atoms with Crippen molar-refractivity contribution in [2.45, 2.75) is 38.5 Å². The van der Waals surface area contributed by atoms with Crippen LogP contribution in [0.5, 0.6) is 0 Å². The van der Waals surface area contributed by atoms with Crippen LogP contribution in [0, 0.1) is 0 Å². The molecule has 4 heteroatoms. The van der Waals surface area contributed by atoms with E-state index in [0.717, 1.165) is 12.8 Å². The highest BCUT2D eigenvalue weighted by Crippen LogP contribution is 2.20. The summed E-state index contributed by atoms with van der Waals surface area (Å²) in [7, 11) is 2.52. The highest BCUT2D eigenvalue weighted by Gasteiger charge is 2.30. The molecule has 0 heterocycles. The molecule has 0 aromatic heterocycles. The maximum absolute atomic E-state index is 11.7. The molecule has 0 bridgehead atoms. The minimum absolute atomic E-state index is 0.600. The lowest BCUT2D eigenvalue weighted by atomic mass is 9.97. The number of rotatable bonds is 7. The van der Waals surface area contributed by atoms with Crippen molar-refractivity contribution in [1.29, 1.82) is 0 Å². The summed E-state index contributed by atoms with van der Waals surface area (Å²) in [5.41, 5.74) is 1.80. The van der Waals surface area contributed by atoms with Crippen LogP contribution in [0.1, 0.15) is 43.2 Å². The average molecular weight is 278 g/mol. The van der Waals surface area contributed by atoms with E-state index < -0.39 is 17.9 Å². The molecular weight excluding hydrogens is 256 g/mol. The van der Waals surface area contributed by atoms with Gasteiger partial charge in [0.25, 0.3) is 0 Å². The summed E-state index contributed by atoms with van der Waals surface area (Å²) >= 11 is 0. The Balaban J connectivity index is 2.82. The molecule has 0 fully saturated rings. The molecule has 1 aromatic carbocycles. The summed E-state index contributed by atoms with van der Waals surface area (Å²) in [6.45, 7) is 2.17. The van der Waals surface area contributed by atoms with Crippen LogP contribution in [0.4, 0.5) is 0 Å². The predicted octanol–water partition coefficient (Wildman–Crippen LogP) is 2.85. The lowest BCUT2D eigenvalue weighted by Crippen LogP contribution is -2.24. The number of aryl methyl sites for hydroxylation is 1. The summed E-state index contributed by atoms with van der Waals surface area (Å²) < 4.78 is 9.32. The third-order valence-corrected chi connectivity index (χ3v) is 3.26. The van der Waals surface area contributed by atoms with Crippen LogP contribution in [0.3, 0.4) is 0 Å². The minimum Gasteiger partial charge on any atom is -0.468 e. The van der Waals surface area contributed by atoms with Gasteiger partial charge in [0, 0.05) is 0 Å². The van der Waals surface area contributed by atoms with Crippen molar-refractivity contribution in [3.8, 4) is 0 Å². The number of esters is 2. The Labute approximate surface area is 120 Å². The minimum atomic E-state index is -1.00. The fourth-order valence-corrected chi connectivity index (χ4v) is 2.06. The lowest BCUT2D eigenvalue weighted by Gasteiger charge is -2.13. The van der Waals surface area contributed by atoms with Crippen LogP contribution >= 0.6 is 0 Å². The van der Waals surface area contributed by atoms with E-state index in [1.807, 2.05) is 12.1 Å². The van der Waals surface area contributed by atoms with Crippen LogP contribution in [0.2, 0.25) is 0 Å². The molecule has 0 aliphatic rings. The molecular formula is C16H22O4. The number of unbranched alkanes of at least 4 members (excludes halogenated alkanes) is 2. The SMILES string of the molecule is CCCCCc1ccc(C(C(=O)OC)C(=O)OC)cc1.